The van der Waals surface area contributed by atoms with E-state index in [4.69, 9.17) is 4.74 Å². The Labute approximate surface area is 261 Å². The van der Waals surface area contributed by atoms with Crippen molar-refractivity contribution in [3.8, 4) is 6.07 Å². The van der Waals surface area contributed by atoms with Crippen molar-refractivity contribution in [2.24, 2.45) is 11.8 Å². The maximum absolute atomic E-state index is 14.3. The van der Waals surface area contributed by atoms with E-state index in [9.17, 15) is 28.8 Å². The topological polar surface area (TPSA) is 129 Å². The van der Waals surface area contributed by atoms with Crippen LogP contribution in [0.2, 0.25) is 0 Å². The minimum Gasteiger partial charge on any atom is -0.445 e. The second kappa shape index (κ2) is 13.3. The summed E-state index contributed by atoms with van der Waals surface area (Å²) in [5, 5.41) is 15.6. The summed E-state index contributed by atoms with van der Waals surface area (Å²) in [6.07, 6.45) is -0.788. The highest BCUT2D eigenvalue weighted by molar-refractivity contribution is 6.07. The van der Waals surface area contributed by atoms with Gasteiger partial charge in [-0.3, -0.25) is 14.4 Å². The largest absolute Gasteiger partial charge is 0.445 e. The van der Waals surface area contributed by atoms with E-state index in [-0.39, 0.29) is 50.0 Å². The van der Waals surface area contributed by atoms with Crippen LogP contribution in [-0.4, -0.2) is 47.2 Å². The molecule has 1 spiro atoms. The molecule has 45 heavy (non-hydrogen) atoms. The van der Waals surface area contributed by atoms with Gasteiger partial charge in [0.25, 0.3) is 0 Å². The Morgan fingerprint density at radius 3 is 2.42 bits per heavy atom. The lowest BCUT2D eigenvalue weighted by molar-refractivity contribution is -0.138. The van der Waals surface area contributed by atoms with Crippen LogP contribution in [0.3, 0.4) is 0 Å². The number of hydrogen-bond acceptors (Lipinski definition) is 6. The number of anilines is 1. The van der Waals surface area contributed by atoms with E-state index in [0.29, 0.717) is 11.3 Å². The first-order valence-corrected chi connectivity index (χ1v) is 15.0. The summed E-state index contributed by atoms with van der Waals surface area (Å²) in [5.41, 5.74) is 1.72. The highest BCUT2D eigenvalue weighted by atomic mass is 19.1. The van der Waals surface area contributed by atoms with Crippen molar-refractivity contribution in [1.29, 1.82) is 5.26 Å². The molecule has 3 aromatic carbocycles. The number of amides is 3. The second-order valence-electron chi connectivity index (χ2n) is 12.0. The molecule has 9 nitrogen and oxygen atoms in total. The lowest BCUT2D eigenvalue weighted by atomic mass is 9.80. The van der Waals surface area contributed by atoms with E-state index >= 15 is 0 Å². The minimum atomic E-state index is -1.08. The number of hydrogen-bond donors (Lipinski definition) is 2. The number of nitrogens with one attached hydrogen (secondary N) is 2. The standard InChI is InChI=1S/C35H35FN4O5/c1-22(2)31(39-34(44)45-20-24-8-4-3-5-9-24)30(41)17-25(16-23-12-14-26(36)15-13-23)32(42)40-21-35(18-27(40)19-37)28-10-6-7-11-29(28)38-33(35)43/h3-15,22,25,27,31H,16-18,20-21H2,1-2H3,(H,38,43)(H,39,44)/t25?,27-,31-,35-/m0/s1. The molecular formula is C35H35FN4O5. The molecule has 2 heterocycles. The molecule has 1 saturated heterocycles. The number of nitriles is 1. The number of halogens is 1. The predicted octanol–water partition coefficient (Wildman–Crippen LogP) is 4.91. The molecule has 2 aliphatic heterocycles. The number of carbonyl (C=O) groups excluding carboxylic acids is 4. The molecule has 1 unspecified atom stereocenters. The smallest absolute Gasteiger partial charge is 0.408 e. The number of carbonyl (C=O) groups is 4. The quantitative estimate of drug-likeness (QED) is 0.336. The van der Waals surface area contributed by atoms with Crippen LogP contribution in [0.4, 0.5) is 14.9 Å². The second-order valence-corrected chi connectivity index (χ2v) is 12.0. The minimum absolute atomic E-state index is 0.0152. The summed E-state index contributed by atoms with van der Waals surface area (Å²) in [6, 6.07) is 22.4. The van der Waals surface area contributed by atoms with Gasteiger partial charge in [-0.1, -0.05) is 74.5 Å². The Morgan fingerprint density at radius 2 is 1.73 bits per heavy atom. The molecular weight excluding hydrogens is 575 g/mol. The van der Waals surface area contributed by atoms with E-state index in [2.05, 4.69) is 16.7 Å². The average Bonchev–Trinajstić information content (AvgIpc) is 3.56. The number of nitrogens with zero attached hydrogens (tertiary/aromatic N) is 2. The molecule has 4 atom stereocenters. The Balaban J connectivity index is 1.37. The zero-order valence-electron chi connectivity index (χ0n) is 25.2. The number of alkyl carbamates (subject to hydrolysis) is 1. The van der Waals surface area contributed by atoms with Crippen LogP contribution in [0.25, 0.3) is 0 Å². The lowest BCUT2D eigenvalue weighted by Crippen LogP contribution is -2.47. The highest BCUT2D eigenvalue weighted by Gasteiger charge is 2.56. The molecule has 2 aliphatic rings. The predicted molar refractivity (Wildman–Crippen MR) is 164 cm³/mol. The Bertz CT molecular complexity index is 1620. The molecule has 3 aromatic rings. The zero-order valence-corrected chi connectivity index (χ0v) is 25.2. The van der Waals surface area contributed by atoms with E-state index in [1.54, 1.807) is 38.1 Å². The first-order chi connectivity index (χ1) is 21.6. The first kappa shape index (κ1) is 31.4. The van der Waals surface area contributed by atoms with Crippen LogP contribution in [0, 0.1) is 29.0 Å². The molecule has 2 N–H and O–H groups in total. The fraction of sp³-hybridized carbons (Fsp3) is 0.343. The number of benzene rings is 3. The van der Waals surface area contributed by atoms with Gasteiger partial charge in [-0.05, 0) is 47.2 Å². The molecule has 0 bridgehead atoms. The third-order valence-corrected chi connectivity index (χ3v) is 8.61. The fourth-order valence-electron chi connectivity index (χ4n) is 6.25. The summed E-state index contributed by atoms with van der Waals surface area (Å²) in [7, 11) is 0. The van der Waals surface area contributed by atoms with Crippen molar-refractivity contribution in [2.75, 3.05) is 11.9 Å². The van der Waals surface area contributed by atoms with Gasteiger partial charge in [0, 0.05) is 31.0 Å². The van der Waals surface area contributed by atoms with Gasteiger partial charge in [0.05, 0.1) is 17.5 Å². The normalized spacial score (nSPS) is 19.8. The molecule has 0 aromatic heterocycles. The van der Waals surface area contributed by atoms with Crippen molar-refractivity contribution in [1.82, 2.24) is 10.2 Å². The highest BCUT2D eigenvalue weighted by Crippen LogP contribution is 2.46. The molecule has 10 heteroatoms. The number of fused-ring (bicyclic) bond motifs is 2. The van der Waals surface area contributed by atoms with Crippen LogP contribution < -0.4 is 10.6 Å². The van der Waals surface area contributed by atoms with Gasteiger partial charge in [0.15, 0.2) is 5.78 Å². The third-order valence-electron chi connectivity index (χ3n) is 8.61. The van der Waals surface area contributed by atoms with E-state index in [1.165, 1.54) is 17.0 Å². The summed E-state index contributed by atoms with van der Waals surface area (Å²) in [4.78, 5) is 55.4. The molecule has 0 saturated carbocycles. The van der Waals surface area contributed by atoms with Crippen molar-refractivity contribution >= 4 is 29.4 Å². The molecule has 232 valence electrons. The lowest BCUT2D eigenvalue weighted by Gasteiger charge is -2.28. The number of rotatable bonds is 10. The number of ether oxygens (including phenoxy) is 1. The number of Topliss-reactive ketones (excluding diaryl/α,β-unsaturated/α-hetero) is 1. The summed E-state index contributed by atoms with van der Waals surface area (Å²) in [5.74, 6) is -2.80. The average molecular weight is 611 g/mol. The molecule has 3 amide bonds. The van der Waals surface area contributed by atoms with Crippen LogP contribution in [0.15, 0.2) is 78.9 Å². The molecule has 0 radical (unpaired) electrons. The monoisotopic (exact) mass is 610 g/mol. The Morgan fingerprint density at radius 1 is 1.04 bits per heavy atom. The third kappa shape index (κ3) is 6.73. The van der Waals surface area contributed by atoms with Gasteiger partial charge in [-0.25, -0.2) is 9.18 Å². The maximum Gasteiger partial charge on any atom is 0.408 e. The van der Waals surface area contributed by atoms with Gasteiger partial charge in [0.2, 0.25) is 11.8 Å². The van der Waals surface area contributed by atoms with Crippen molar-refractivity contribution in [3.05, 3.63) is 101 Å². The molecule has 5 rings (SSSR count). The number of ketones is 1. The van der Waals surface area contributed by atoms with Gasteiger partial charge in [-0.2, -0.15) is 5.26 Å². The first-order valence-electron chi connectivity index (χ1n) is 15.0. The van der Waals surface area contributed by atoms with Gasteiger partial charge in [0.1, 0.15) is 18.5 Å². The fourth-order valence-corrected chi connectivity index (χ4v) is 6.25. The SMILES string of the molecule is CC(C)[C@H](NC(=O)OCc1ccccc1)C(=O)CC(Cc1ccc(F)cc1)C(=O)N1C[C@]2(C[C@H]1C#N)C(=O)Nc1ccccc12. The van der Waals surface area contributed by atoms with Crippen molar-refractivity contribution in [2.45, 2.75) is 57.2 Å². The van der Waals surface area contributed by atoms with Crippen LogP contribution in [0.5, 0.6) is 0 Å². The van der Waals surface area contributed by atoms with Crippen LogP contribution >= 0.6 is 0 Å². The Hall–Kier alpha value is -5.04. The van der Waals surface area contributed by atoms with Crippen molar-refractivity contribution in [3.63, 3.8) is 0 Å². The summed E-state index contributed by atoms with van der Waals surface area (Å²) in [6.45, 7) is 3.57. The maximum atomic E-state index is 14.3. The van der Waals surface area contributed by atoms with Gasteiger partial charge >= 0.3 is 6.09 Å². The van der Waals surface area contributed by atoms with E-state index in [0.717, 1.165) is 11.1 Å². The summed E-state index contributed by atoms with van der Waals surface area (Å²) < 4.78 is 19.0. The number of para-hydroxylation sites is 1. The Kier molecular flexibility index (Phi) is 9.28. The molecule has 0 aliphatic carbocycles. The van der Waals surface area contributed by atoms with Gasteiger partial charge in [-0.15, -0.1) is 0 Å². The van der Waals surface area contributed by atoms with Crippen LogP contribution in [0.1, 0.15) is 43.4 Å². The van der Waals surface area contributed by atoms with E-state index < -0.39 is 41.2 Å². The zero-order chi connectivity index (χ0) is 32.1. The summed E-state index contributed by atoms with van der Waals surface area (Å²) >= 11 is 0. The van der Waals surface area contributed by atoms with Gasteiger partial charge < -0.3 is 20.3 Å². The molecule has 1 fully saturated rings. The van der Waals surface area contributed by atoms with E-state index in [1.807, 2.05) is 42.5 Å². The van der Waals surface area contributed by atoms with Crippen LogP contribution in [-0.2, 0) is 37.6 Å². The number of likely N-dealkylation sites (tertiary alicyclic amines) is 1. The van der Waals surface area contributed by atoms with Crippen molar-refractivity contribution < 1.29 is 28.3 Å².